The van der Waals surface area contributed by atoms with E-state index in [0.29, 0.717) is 53.9 Å². The Labute approximate surface area is 148 Å². The first-order valence-corrected chi connectivity index (χ1v) is 8.50. The van der Waals surface area contributed by atoms with Crippen LogP contribution in [0.4, 0.5) is 4.39 Å². The standard InChI is InChI=1S/C19H18FN3O3/c1-10-14-9-12(20)3-4-16(14)26-17(10)19(25)23-7-5-13-15(6-8-23)21-11(2)22-18(13)24/h3-4,9H,5-8H2,1-2H3,(H,21,22,24). The van der Waals surface area contributed by atoms with Gasteiger partial charge >= 0.3 is 0 Å². The van der Waals surface area contributed by atoms with E-state index in [0.717, 1.165) is 5.69 Å². The van der Waals surface area contributed by atoms with Crippen molar-refractivity contribution in [2.75, 3.05) is 13.1 Å². The molecule has 1 aliphatic heterocycles. The number of halogens is 1. The van der Waals surface area contributed by atoms with Crippen molar-refractivity contribution in [3.63, 3.8) is 0 Å². The first kappa shape index (κ1) is 16.5. The summed E-state index contributed by atoms with van der Waals surface area (Å²) >= 11 is 0. The summed E-state index contributed by atoms with van der Waals surface area (Å²) in [7, 11) is 0. The van der Waals surface area contributed by atoms with Gasteiger partial charge in [0.15, 0.2) is 5.76 Å². The number of nitrogens with one attached hydrogen (secondary N) is 1. The fourth-order valence-corrected chi connectivity index (χ4v) is 3.48. The Kier molecular flexibility index (Phi) is 3.86. The summed E-state index contributed by atoms with van der Waals surface area (Å²) in [6, 6.07) is 4.21. The quantitative estimate of drug-likeness (QED) is 0.727. The van der Waals surface area contributed by atoms with Gasteiger partial charge in [-0.15, -0.1) is 0 Å². The molecule has 134 valence electrons. The van der Waals surface area contributed by atoms with Crippen molar-refractivity contribution in [2.24, 2.45) is 0 Å². The molecule has 1 amide bonds. The highest BCUT2D eigenvalue weighted by molar-refractivity contribution is 5.99. The Balaban J connectivity index is 1.65. The molecule has 0 bridgehead atoms. The second-order valence-electron chi connectivity index (χ2n) is 6.57. The van der Waals surface area contributed by atoms with Crippen LogP contribution in [0.3, 0.4) is 0 Å². The number of hydrogen-bond donors (Lipinski definition) is 1. The monoisotopic (exact) mass is 355 g/mol. The normalized spacial score (nSPS) is 14.3. The molecule has 0 radical (unpaired) electrons. The summed E-state index contributed by atoms with van der Waals surface area (Å²) < 4.78 is 19.2. The van der Waals surface area contributed by atoms with Crippen LogP contribution >= 0.6 is 0 Å². The van der Waals surface area contributed by atoms with Crippen molar-refractivity contribution in [1.29, 1.82) is 0 Å². The smallest absolute Gasteiger partial charge is 0.289 e. The minimum atomic E-state index is -0.369. The van der Waals surface area contributed by atoms with Crippen molar-refractivity contribution < 1.29 is 13.6 Å². The van der Waals surface area contributed by atoms with E-state index in [1.165, 1.54) is 18.2 Å². The van der Waals surface area contributed by atoms with E-state index in [4.69, 9.17) is 4.42 Å². The van der Waals surface area contributed by atoms with Crippen LogP contribution in [-0.4, -0.2) is 33.9 Å². The summed E-state index contributed by atoms with van der Waals surface area (Å²) in [6.45, 7) is 4.35. The van der Waals surface area contributed by atoms with E-state index in [2.05, 4.69) is 9.97 Å². The van der Waals surface area contributed by atoms with E-state index in [9.17, 15) is 14.0 Å². The van der Waals surface area contributed by atoms with E-state index in [1.807, 2.05) is 0 Å². The average molecular weight is 355 g/mol. The van der Waals surface area contributed by atoms with Gasteiger partial charge in [0.25, 0.3) is 11.5 Å². The van der Waals surface area contributed by atoms with Gasteiger partial charge in [-0.3, -0.25) is 9.59 Å². The van der Waals surface area contributed by atoms with Crippen LogP contribution in [0.1, 0.15) is 33.2 Å². The molecule has 7 heteroatoms. The Morgan fingerprint density at radius 2 is 2.04 bits per heavy atom. The SMILES string of the molecule is Cc1nc2c(c(=O)[nH]1)CCN(C(=O)c1oc3ccc(F)cc3c1C)CC2. The van der Waals surface area contributed by atoms with Crippen molar-refractivity contribution >= 4 is 16.9 Å². The molecule has 0 aliphatic carbocycles. The lowest BCUT2D eigenvalue weighted by Crippen LogP contribution is -2.33. The molecule has 1 aromatic carbocycles. The molecule has 3 aromatic rings. The van der Waals surface area contributed by atoms with Crippen molar-refractivity contribution in [2.45, 2.75) is 26.7 Å². The number of aromatic amines is 1. The molecule has 6 nitrogen and oxygen atoms in total. The van der Waals surface area contributed by atoms with Gasteiger partial charge in [-0.05, 0) is 38.5 Å². The average Bonchev–Trinajstić information content (AvgIpc) is 2.78. The van der Waals surface area contributed by atoms with Gasteiger partial charge in [0.2, 0.25) is 0 Å². The van der Waals surface area contributed by atoms with Crippen LogP contribution in [0.5, 0.6) is 0 Å². The van der Waals surface area contributed by atoms with Gasteiger partial charge < -0.3 is 14.3 Å². The molecule has 26 heavy (non-hydrogen) atoms. The topological polar surface area (TPSA) is 79.2 Å². The van der Waals surface area contributed by atoms with E-state index < -0.39 is 0 Å². The number of H-pyrrole nitrogens is 1. The number of benzene rings is 1. The number of carbonyl (C=O) groups excluding carboxylic acids is 1. The van der Waals surface area contributed by atoms with E-state index >= 15 is 0 Å². The highest BCUT2D eigenvalue weighted by Gasteiger charge is 2.26. The lowest BCUT2D eigenvalue weighted by atomic mass is 10.1. The Bertz CT molecular complexity index is 1080. The highest BCUT2D eigenvalue weighted by atomic mass is 19.1. The third kappa shape index (κ3) is 2.69. The third-order valence-electron chi connectivity index (χ3n) is 4.85. The van der Waals surface area contributed by atoms with Crippen LogP contribution in [-0.2, 0) is 12.8 Å². The molecule has 0 spiro atoms. The zero-order valence-corrected chi connectivity index (χ0v) is 14.6. The van der Waals surface area contributed by atoms with Gasteiger partial charge in [0.1, 0.15) is 17.2 Å². The maximum absolute atomic E-state index is 13.5. The largest absolute Gasteiger partial charge is 0.451 e. The summed E-state index contributed by atoms with van der Waals surface area (Å²) in [5.41, 5.74) is 2.34. The van der Waals surface area contributed by atoms with Crippen molar-refractivity contribution in [3.8, 4) is 0 Å². The number of aromatic nitrogens is 2. The predicted molar refractivity (Wildman–Crippen MR) is 93.8 cm³/mol. The fraction of sp³-hybridized carbons (Fsp3) is 0.316. The number of rotatable bonds is 1. The van der Waals surface area contributed by atoms with Crippen LogP contribution in [0.2, 0.25) is 0 Å². The second-order valence-corrected chi connectivity index (χ2v) is 6.57. The maximum atomic E-state index is 13.5. The highest BCUT2D eigenvalue weighted by Crippen LogP contribution is 2.27. The molecule has 1 N–H and O–H groups in total. The molecule has 4 rings (SSSR count). The molecule has 2 aromatic heterocycles. The molecule has 0 saturated heterocycles. The van der Waals surface area contributed by atoms with Gasteiger partial charge in [-0.25, -0.2) is 9.37 Å². The number of hydrogen-bond acceptors (Lipinski definition) is 4. The lowest BCUT2D eigenvalue weighted by Gasteiger charge is -2.19. The van der Waals surface area contributed by atoms with Crippen LogP contribution in [0, 0.1) is 19.7 Å². The summed E-state index contributed by atoms with van der Waals surface area (Å²) in [6.07, 6.45) is 0.956. The number of furan rings is 1. The van der Waals surface area contributed by atoms with Gasteiger partial charge in [-0.2, -0.15) is 0 Å². The molecule has 0 atom stereocenters. The number of aryl methyl sites for hydroxylation is 2. The summed E-state index contributed by atoms with van der Waals surface area (Å²) in [5, 5.41) is 0.597. The Morgan fingerprint density at radius 1 is 1.27 bits per heavy atom. The lowest BCUT2D eigenvalue weighted by molar-refractivity contribution is 0.0732. The number of fused-ring (bicyclic) bond motifs is 2. The minimum absolute atomic E-state index is 0.141. The molecule has 0 fully saturated rings. The molecular formula is C19H18FN3O3. The van der Waals surface area contributed by atoms with Gasteiger partial charge in [0.05, 0.1) is 5.69 Å². The van der Waals surface area contributed by atoms with Crippen LogP contribution in [0.15, 0.2) is 27.4 Å². The summed E-state index contributed by atoms with van der Waals surface area (Å²) in [4.78, 5) is 33.9. The van der Waals surface area contributed by atoms with Crippen molar-refractivity contribution in [1.82, 2.24) is 14.9 Å². The molecule has 3 heterocycles. The summed E-state index contributed by atoms with van der Waals surface area (Å²) in [5.74, 6) is 0.171. The van der Waals surface area contributed by atoms with Gasteiger partial charge in [0, 0.05) is 36.0 Å². The zero-order chi connectivity index (χ0) is 18.4. The minimum Gasteiger partial charge on any atom is -0.451 e. The Morgan fingerprint density at radius 3 is 2.85 bits per heavy atom. The zero-order valence-electron chi connectivity index (χ0n) is 14.6. The first-order valence-electron chi connectivity index (χ1n) is 8.50. The Hall–Kier alpha value is -2.96. The maximum Gasteiger partial charge on any atom is 0.289 e. The molecule has 0 unspecified atom stereocenters. The number of amides is 1. The van der Waals surface area contributed by atoms with Crippen LogP contribution in [0.25, 0.3) is 11.0 Å². The third-order valence-corrected chi connectivity index (χ3v) is 4.85. The van der Waals surface area contributed by atoms with E-state index in [-0.39, 0.29) is 23.0 Å². The fourth-order valence-electron chi connectivity index (χ4n) is 3.48. The van der Waals surface area contributed by atoms with Crippen molar-refractivity contribution in [3.05, 3.63) is 62.8 Å². The second kappa shape index (κ2) is 6.09. The molecular weight excluding hydrogens is 337 g/mol. The molecule has 0 saturated carbocycles. The van der Waals surface area contributed by atoms with Crippen LogP contribution < -0.4 is 5.56 Å². The number of carbonyl (C=O) groups is 1. The first-order chi connectivity index (χ1) is 12.4. The van der Waals surface area contributed by atoms with E-state index in [1.54, 1.807) is 18.7 Å². The van der Waals surface area contributed by atoms with Gasteiger partial charge in [-0.1, -0.05) is 0 Å². The molecule has 1 aliphatic rings. The predicted octanol–water partition coefficient (Wildman–Crippen LogP) is 2.51. The number of nitrogens with zero attached hydrogens (tertiary/aromatic N) is 2.